The number of ketones is 1. The van der Waals surface area contributed by atoms with Gasteiger partial charge in [0.1, 0.15) is 5.75 Å². The average Bonchev–Trinajstić information content (AvgIpc) is 2.44. The normalized spacial score (nSPS) is 11.3. The number of halogens is 2. The van der Waals surface area contributed by atoms with Crippen molar-refractivity contribution in [3.8, 4) is 5.75 Å². The van der Waals surface area contributed by atoms with Gasteiger partial charge in [0.15, 0.2) is 5.78 Å². The van der Waals surface area contributed by atoms with Crippen LogP contribution in [0.2, 0.25) is 0 Å². The topological polar surface area (TPSA) is 81.4 Å². The van der Waals surface area contributed by atoms with E-state index in [4.69, 9.17) is 10.5 Å². The first-order valence-electron chi connectivity index (χ1n) is 6.83. The monoisotopic (exact) mass is 392 g/mol. The molecule has 0 saturated carbocycles. The molecular formula is C15H22BrClN2O3. The highest BCUT2D eigenvalue weighted by Crippen LogP contribution is 2.24. The van der Waals surface area contributed by atoms with Crippen molar-refractivity contribution in [2.75, 3.05) is 13.7 Å². The molecule has 22 heavy (non-hydrogen) atoms. The Morgan fingerprint density at radius 2 is 2.05 bits per heavy atom. The zero-order valence-electron chi connectivity index (χ0n) is 12.7. The van der Waals surface area contributed by atoms with Crippen LogP contribution in [-0.2, 0) is 4.79 Å². The second-order valence-corrected chi connectivity index (χ2v) is 5.80. The maximum atomic E-state index is 12.2. The molecule has 0 aliphatic carbocycles. The van der Waals surface area contributed by atoms with Gasteiger partial charge in [0.25, 0.3) is 0 Å². The molecule has 124 valence electrons. The van der Waals surface area contributed by atoms with Gasteiger partial charge < -0.3 is 15.8 Å². The van der Waals surface area contributed by atoms with Crippen LogP contribution in [0.15, 0.2) is 22.7 Å². The number of Topliss-reactive ketones (excluding diaryl/α,β-unsaturated/α-hetero) is 1. The smallest absolute Gasteiger partial charge is 0.220 e. The molecule has 0 aliphatic rings. The molecule has 3 N–H and O–H groups in total. The Labute approximate surface area is 145 Å². The molecule has 5 nitrogen and oxygen atoms in total. The average molecular weight is 394 g/mol. The Morgan fingerprint density at radius 1 is 1.36 bits per heavy atom. The van der Waals surface area contributed by atoms with Crippen LogP contribution in [0.4, 0.5) is 0 Å². The van der Waals surface area contributed by atoms with E-state index in [9.17, 15) is 9.59 Å². The van der Waals surface area contributed by atoms with E-state index in [0.29, 0.717) is 17.9 Å². The molecule has 0 fully saturated rings. The van der Waals surface area contributed by atoms with Crippen LogP contribution < -0.4 is 15.8 Å². The molecule has 0 aliphatic heterocycles. The van der Waals surface area contributed by atoms with Crippen molar-refractivity contribution in [1.29, 1.82) is 0 Å². The minimum Gasteiger partial charge on any atom is -0.496 e. The third kappa shape index (κ3) is 7.24. The van der Waals surface area contributed by atoms with E-state index in [0.717, 1.165) is 10.9 Å². The summed E-state index contributed by atoms with van der Waals surface area (Å²) >= 11 is 3.32. The van der Waals surface area contributed by atoms with E-state index in [1.165, 1.54) is 7.11 Å². The summed E-state index contributed by atoms with van der Waals surface area (Å²) in [5.41, 5.74) is 6.08. The number of nitrogens with two attached hydrogens (primary N) is 1. The van der Waals surface area contributed by atoms with Crippen molar-refractivity contribution in [3.63, 3.8) is 0 Å². The summed E-state index contributed by atoms with van der Waals surface area (Å²) in [5, 5.41) is 2.75. The van der Waals surface area contributed by atoms with E-state index in [-0.39, 0.29) is 43.0 Å². The van der Waals surface area contributed by atoms with Gasteiger partial charge in [-0.15, -0.1) is 12.4 Å². The Morgan fingerprint density at radius 3 is 2.64 bits per heavy atom. The van der Waals surface area contributed by atoms with Gasteiger partial charge in [-0.2, -0.15) is 0 Å². The third-order valence-corrected chi connectivity index (χ3v) is 3.46. The predicted octanol–water partition coefficient (Wildman–Crippen LogP) is 2.70. The summed E-state index contributed by atoms with van der Waals surface area (Å²) in [6, 6.07) is 5.28. The van der Waals surface area contributed by atoms with Gasteiger partial charge in [0.05, 0.1) is 12.7 Å². The van der Waals surface area contributed by atoms with Crippen LogP contribution in [-0.4, -0.2) is 31.4 Å². The Bertz CT molecular complexity index is 510. The maximum Gasteiger partial charge on any atom is 0.220 e. The van der Waals surface area contributed by atoms with Gasteiger partial charge in [-0.1, -0.05) is 15.9 Å². The maximum absolute atomic E-state index is 12.2. The quantitative estimate of drug-likeness (QED) is 0.665. The van der Waals surface area contributed by atoms with E-state index in [1.807, 2.05) is 6.92 Å². The van der Waals surface area contributed by atoms with Crippen LogP contribution in [0.1, 0.15) is 36.5 Å². The van der Waals surface area contributed by atoms with Crippen LogP contribution in [0.25, 0.3) is 0 Å². The van der Waals surface area contributed by atoms with Crippen molar-refractivity contribution >= 4 is 40.0 Å². The molecule has 0 spiro atoms. The van der Waals surface area contributed by atoms with Gasteiger partial charge in [-0.05, 0) is 31.5 Å². The number of nitrogens with one attached hydrogen (secondary N) is 1. The fourth-order valence-corrected chi connectivity index (χ4v) is 2.15. The van der Waals surface area contributed by atoms with E-state index in [1.54, 1.807) is 18.2 Å². The number of methoxy groups -OCH3 is 1. The molecule has 1 amide bonds. The Kier molecular flexibility index (Phi) is 10.1. The SMILES string of the molecule is COc1ccc(Br)cc1C(=O)CCC(=O)NCCC(C)N.Cl. The molecule has 0 saturated heterocycles. The Hall–Kier alpha value is -1.11. The van der Waals surface area contributed by atoms with Crippen LogP contribution in [0, 0.1) is 0 Å². The lowest BCUT2D eigenvalue weighted by molar-refractivity contribution is -0.121. The van der Waals surface area contributed by atoms with E-state index in [2.05, 4.69) is 21.2 Å². The minimum absolute atomic E-state index is 0. The van der Waals surface area contributed by atoms with Gasteiger partial charge in [0.2, 0.25) is 5.91 Å². The largest absolute Gasteiger partial charge is 0.496 e. The number of hydrogen-bond donors (Lipinski definition) is 2. The van der Waals surface area contributed by atoms with Gasteiger partial charge in [-0.25, -0.2) is 0 Å². The second kappa shape index (κ2) is 10.6. The summed E-state index contributed by atoms with van der Waals surface area (Å²) in [4.78, 5) is 23.8. The molecule has 0 heterocycles. The van der Waals surface area contributed by atoms with Crippen LogP contribution in [0.5, 0.6) is 5.75 Å². The number of carbonyl (C=O) groups excluding carboxylic acids is 2. The highest BCUT2D eigenvalue weighted by molar-refractivity contribution is 9.10. The lowest BCUT2D eigenvalue weighted by atomic mass is 10.1. The zero-order valence-corrected chi connectivity index (χ0v) is 15.1. The van der Waals surface area contributed by atoms with Crippen molar-refractivity contribution in [3.05, 3.63) is 28.2 Å². The standard InChI is InChI=1S/C15H21BrN2O3.ClH/c1-10(17)7-8-18-15(20)6-4-13(19)12-9-11(16)3-5-14(12)21-2;/h3,5,9-10H,4,6-8,17H2,1-2H3,(H,18,20);1H. The lowest BCUT2D eigenvalue weighted by Crippen LogP contribution is -2.29. The van der Waals surface area contributed by atoms with Crippen molar-refractivity contribution in [1.82, 2.24) is 5.32 Å². The fraction of sp³-hybridized carbons (Fsp3) is 0.467. The fourth-order valence-electron chi connectivity index (χ4n) is 1.79. The van der Waals surface area contributed by atoms with Gasteiger partial charge in [0, 0.05) is 29.9 Å². The predicted molar refractivity (Wildman–Crippen MR) is 92.8 cm³/mol. The number of carbonyl (C=O) groups is 2. The lowest BCUT2D eigenvalue weighted by Gasteiger charge is -2.09. The molecule has 0 radical (unpaired) electrons. The summed E-state index contributed by atoms with van der Waals surface area (Å²) in [6.45, 7) is 2.42. The summed E-state index contributed by atoms with van der Waals surface area (Å²) in [5.74, 6) is 0.258. The Balaban J connectivity index is 0.00000441. The number of rotatable bonds is 8. The van der Waals surface area contributed by atoms with Crippen molar-refractivity contribution in [2.24, 2.45) is 5.73 Å². The highest BCUT2D eigenvalue weighted by Gasteiger charge is 2.14. The molecule has 1 unspecified atom stereocenters. The zero-order chi connectivity index (χ0) is 15.8. The molecule has 1 rings (SSSR count). The summed E-state index contributed by atoms with van der Waals surface area (Å²) in [7, 11) is 1.51. The summed E-state index contributed by atoms with van der Waals surface area (Å²) < 4.78 is 5.96. The third-order valence-electron chi connectivity index (χ3n) is 2.96. The molecular weight excluding hydrogens is 372 g/mol. The highest BCUT2D eigenvalue weighted by atomic mass is 79.9. The van der Waals surface area contributed by atoms with Crippen LogP contribution in [0.3, 0.4) is 0 Å². The summed E-state index contributed by atoms with van der Waals surface area (Å²) in [6.07, 6.45) is 1.03. The van der Waals surface area contributed by atoms with Crippen molar-refractivity contribution < 1.29 is 14.3 Å². The minimum atomic E-state index is -0.141. The first-order valence-corrected chi connectivity index (χ1v) is 7.62. The van der Waals surface area contributed by atoms with Crippen molar-refractivity contribution in [2.45, 2.75) is 32.2 Å². The number of ether oxygens (including phenoxy) is 1. The first kappa shape index (κ1) is 20.9. The molecule has 1 atom stereocenters. The van der Waals surface area contributed by atoms with Gasteiger partial charge in [-0.3, -0.25) is 9.59 Å². The van der Waals surface area contributed by atoms with E-state index < -0.39 is 0 Å². The van der Waals surface area contributed by atoms with Crippen LogP contribution >= 0.6 is 28.3 Å². The van der Waals surface area contributed by atoms with Gasteiger partial charge >= 0.3 is 0 Å². The molecule has 7 heteroatoms. The van der Waals surface area contributed by atoms with E-state index >= 15 is 0 Å². The number of amides is 1. The number of hydrogen-bond acceptors (Lipinski definition) is 4. The second-order valence-electron chi connectivity index (χ2n) is 4.88. The molecule has 1 aromatic rings. The number of benzene rings is 1. The first-order chi connectivity index (χ1) is 9.93. The molecule has 0 bridgehead atoms. The molecule has 1 aromatic carbocycles. The molecule has 0 aromatic heterocycles.